The Balaban J connectivity index is 1.27. The molecule has 0 unspecified atom stereocenters. The molecule has 0 radical (unpaired) electrons. The number of carboxylic acid groups (broad SMARTS) is 1. The van der Waals surface area contributed by atoms with E-state index in [0.29, 0.717) is 26.2 Å². The SMILES string of the molecule is O=C(O)c1ccc(CCNC(=O)[C@H]2C[C@@H]2c2ccc3c(c2)OCCO3)cc1. The zero-order chi connectivity index (χ0) is 18.8. The van der Waals surface area contributed by atoms with E-state index < -0.39 is 5.97 Å². The summed E-state index contributed by atoms with van der Waals surface area (Å²) in [4.78, 5) is 23.2. The Bertz CT molecular complexity index is 861. The van der Waals surface area contributed by atoms with Crippen LogP contribution in [0.2, 0.25) is 0 Å². The monoisotopic (exact) mass is 367 g/mol. The van der Waals surface area contributed by atoms with Crippen molar-refractivity contribution in [2.45, 2.75) is 18.8 Å². The average Bonchev–Trinajstić information content (AvgIpc) is 3.49. The fourth-order valence-electron chi connectivity index (χ4n) is 3.42. The molecule has 1 saturated carbocycles. The third-order valence-electron chi connectivity index (χ3n) is 5.04. The number of ether oxygens (including phenoxy) is 2. The van der Waals surface area contributed by atoms with Gasteiger partial charge in [0.2, 0.25) is 5.91 Å². The second kappa shape index (κ2) is 7.31. The molecule has 2 aromatic carbocycles. The van der Waals surface area contributed by atoms with Gasteiger partial charge in [0.25, 0.3) is 0 Å². The summed E-state index contributed by atoms with van der Waals surface area (Å²) in [5.41, 5.74) is 2.38. The number of nitrogens with one attached hydrogen (secondary N) is 1. The molecule has 2 aromatic rings. The normalized spacial score (nSPS) is 20.0. The van der Waals surface area contributed by atoms with Crippen LogP contribution in [0.15, 0.2) is 42.5 Å². The lowest BCUT2D eigenvalue weighted by molar-refractivity contribution is -0.122. The molecule has 2 aliphatic rings. The minimum absolute atomic E-state index is 0.00180. The van der Waals surface area contributed by atoms with E-state index in [2.05, 4.69) is 5.32 Å². The Morgan fingerprint density at radius 3 is 2.52 bits per heavy atom. The van der Waals surface area contributed by atoms with Gasteiger partial charge in [-0.1, -0.05) is 18.2 Å². The maximum absolute atomic E-state index is 12.4. The second-order valence-corrected chi connectivity index (χ2v) is 6.89. The number of carbonyl (C=O) groups excluding carboxylic acids is 1. The zero-order valence-corrected chi connectivity index (χ0v) is 14.8. The van der Waals surface area contributed by atoms with Crippen molar-refractivity contribution >= 4 is 11.9 Å². The molecule has 140 valence electrons. The first-order valence-electron chi connectivity index (χ1n) is 9.11. The molecule has 1 heterocycles. The Labute approximate surface area is 157 Å². The number of carboxylic acids is 1. The van der Waals surface area contributed by atoms with Gasteiger partial charge >= 0.3 is 5.97 Å². The van der Waals surface area contributed by atoms with Crippen LogP contribution in [0.25, 0.3) is 0 Å². The lowest BCUT2D eigenvalue weighted by Gasteiger charge is -2.18. The molecule has 1 amide bonds. The van der Waals surface area contributed by atoms with E-state index in [1.54, 1.807) is 24.3 Å². The first kappa shape index (κ1) is 17.4. The molecule has 0 aromatic heterocycles. The topological polar surface area (TPSA) is 84.9 Å². The maximum Gasteiger partial charge on any atom is 0.335 e. The summed E-state index contributed by atoms with van der Waals surface area (Å²) in [6, 6.07) is 12.6. The van der Waals surface area contributed by atoms with Gasteiger partial charge in [0, 0.05) is 12.5 Å². The molecule has 6 nitrogen and oxygen atoms in total. The highest BCUT2D eigenvalue weighted by atomic mass is 16.6. The van der Waals surface area contributed by atoms with Crippen LogP contribution in [0.4, 0.5) is 0 Å². The molecule has 0 bridgehead atoms. The number of rotatable bonds is 6. The van der Waals surface area contributed by atoms with Gasteiger partial charge in [-0.05, 0) is 54.2 Å². The highest BCUT2D eigenvalue weighted by molar-refractivity contribution is 5.87. The third kappa shape index (κ3) is 3.89. The molecule has 1 aliphatic heterocycles. The van der Waals surface area contributed by atoms with Gasteiger partial charge in [-0.2, -0.15) is 0 Å². The molecular formula is C21H21NO5. The van der Waals surface area contributed by atoms with Gasteiger partial charge in [-0.25, -0.2) is 4.79 Å². The summed E-state index contributed by atoms with van der Waals surface area (Å²) < 4.78 is 11.1. The van der Waals surface area contributed by atoms with Gasteiger partial charge in [0.1, 0.15) is 13.2 Å². The van der Waals surface area contributed by atoms with Crippen molar-refractivity contribution < 1.29 is 24.2 Å². The maximum atomic E-state index is 12.4. The standard InChI is InChI=1S/C21H21NO5/c23-20(22-8-7-13-1-3-14(4-2-13)21(24)25)17-12-16(17)15-5-6-18-19(11-15)27-10-9-26-18/h1-6,11,16-17H,7-10,12H2,(H,22,23)(H,24,25)/t16-,17+/m1/s1. The summed E-state index contributed by atoms with van der Waals surface area (Å²) in [5, 5.41) is 11.9. The van der Waals surface area contributed by atoms with Crippen LogP contribution in [0.3, 0.4) is 0 Å². The number of aromatic carboxylic acids is 1. The van der Waals surface area contributed by atoms with E-state index in [9.17, 15) is 9.59 Å². The number of hydrogen-bond acceptors (Lipinski definition) is 4. The summed E-state index contributed by atoms with van der Waals surface area (Å²) in [5.74, 6) is 0.888. The first-order valence-corrected chi connectivity index (χ1v) is 9.11. The molecule has 4 rings (SSSR count). The van der Waals surface area contributed by atoms with Crippen molar-refractivity contribution in [3.05, 3.63) is 59.2 Å². The predicted octanol–water partition coefficient (Wildman–Crippen LogP) is 2.62. The average molecular weight is 367 g/mol. The predicted molar refractivity (Wildman–Crippen MR) is 98.4 cm³/mol. The summed E-state index contributed by atoms with van der Waals surface area (Å²) in [7, 11) is 0. The number of benzene rings is 2. The van der Waals surface area contributed by atoms with Crippen molar-refractivity contribution in [1.82, 2.24) is 5.32 Å². The molecule has 2 N–H and O–H groups in total. The fraction of sp³-hybridized carbons (Fsp3) is 0.333. The fourth-order valence-corrected chi connectivity index (χ4v) is 3.42. The van der Waals surface area contributed by atoms with Crippen molar-refractivity contribution in [3.63, 3.8) is 0 Å². The Hall–Kier alpha value is -3.02. The molecule has 1 aliphatic carbocycles. The third-order valence-corrected chi connectivity index (χ3v) is 5.04. The summed E-state index contributed by atoms with van der Waals surface area (Å²) >= 11 is 0. The lowest BCUT2D eigenvalue weighted by atomic mass is 10.1. The molecule has 6 heteroatoms. The van der Waals surface area contributed by atoms with Crippen LogP contribution in [-0.4, -0.2) is 36.7 Å². The van der Waals surface area contributed by atoms with E-state index >= 15 is 0 Å². The van der Waals surface area contributed by atoms with Crippen LogP contribution in [0.1, 0.15) is 33.8 Å². The minimum Gasteiger partial charge on any atom is -0.486 e. The number of carbonyl (C=O) groups is 2. The van der Waals surface area contributed by atoms with E-state index in [-0.39, 0.29) is 23.3 Å². The molecule has 0 saturated heterocycles. The molecule has 27 heavy (non-hydrogen) atoms. The van der Waals surface area contributed by atoms with Crippen LogP contribution >= 0.6 is 0 Å². The van der Waals surface area contributed by atoms with Gasteiger partial charge in [-0.3, -0.25) is 4.79 Å². The van der Waals surface area contributed by atoms with Crippen molar-refractivity contribution in [2.75, 3.05) is 19.8 Å². The smallest absolute Gasteiger partial charge is 0.335 e. The van der Waals surface area contributed by atoms with E-state index in [4.69, 9.17) is 14.6 Å². The van der Waals surface area contributed by atoms with Gasteiger partial charge in [-0.15, -0.1) is 0 Å². The van der Waals surface area contributed by atoms with Crippen LogP contribution in [-0.2, 0) is 11.2 Å². The number of hydrogen-bond donors (Lipinski definition) is 2. The Morgan fingerprint density at radius 2 is 1.78 bits per heavy atom. The highest BCUT2D eigenvalue weighted by Gasteiger charge is 2.44. The largest absolute Gasteiger partial charge is 0.486 e. The Kier molecular flexibility index (Phi) is 4.71. The zero-order valence-electron chi connectivity index (χ0n) is 14.8. The van der Waals surface area contributed by atoms with Crippen LogP contribution in [0, 0.1) is 5.92 Å². The Morgan fingerprint density at radius 1 is 1.04 bits per heavy atom. The summed E-state index contributed by atoms with van der Waals surface area (Å²) in [6.07, 6.45) is 1.52. The molecule has 0 spiro atoms. The lowest BCUT2D eigenvalue weighted by Crippen LogP contribution is -2.27. The van der Waals surface area contributed by atoms with Crippen LogP contribution in [0.5, 0.6) is 11.5 Å². The van der Waals surface area contributed by atoms with Crippen molar-refractivity contribution in [1.29, 1.82) is 0 Å². The van der Waals surface area contributed by atoms with E-state index in [1.165, 1.54) is 0 Å². The van der Waals surface area contributed by atoms with Crippen LogP contribution < -0.4 is 14.8 Å². The highest BCUT2D eigenvalue weighted by Crippen LogP contribution is 2.49. The van der Waals surface area contributed by atoms with E-state index in [0.717, 1.165) is 29.0 Å². The molecule has 1 fully saturated rings. The number of fused-ring (bicyclic) bond motifs is 1. The molecular weight excluding hydrogens is 346 g/mol. The quantitative estimate of drug-likeness (QED) is 0.820. The first-order chi connectivity index (χ1) is 13.1. The number of amides is 1. The minimum atomic E-state index is -0.936. The van der Waals surface area contributed by atoms with Gasteiger partial charge in [0.15, 0.2) is 11.5 Å². The van der Waals surface area contributed by atoms with Gasteiger partial charge < -0.3 is 19.9 Å². The molecule has 2 atom stereocenters. The van der Waals surface area contributed by atoms with E-state index in [1.807, 2.05) is 18.2 Å². The summed E-state index contributed by atoms with van der Waals surface area (Å²) in [6.45, 7) is 1.66. The van der Waals surface area contributed by atoms with Gasteiger partial charge in [0.05, 0.1) is 5.56 Å². The van der Waals surface area contributed by atoms with Crippen molar-refractivity contribution in [3.8, 4) is 11.5 Å². The second-order valence-electron chi connectivity index (χ2n) is 6.89. The van der Waals surface area contributed by atoms with Crippen molar-refractivity contribution in [2.24, 2.45) is 5.92 Å².